The van der Waals surface area contributed by atoms with Crippen LogP contribution in [0.15, 0.2) is 17.5 Å². The van der Waals surface area contributed by atoms with Gasteiger partial charge in [0.05, 0.1) is 0 Å². The van der Waals surface area contributed by atoms with Crippen LogP contribution in [0.3, 0.4) is 0 Å². The Bertz CT molecular complexity index is 302. The fourth-order valence-electron chi connectivity index (χ4n) is 2.61. The number of hydrogen-bond donors (Lipinski definition) is 1. The summed E-state index contributed by atoms with van der Waals surface area (Å²) in [6, 6.07) is 4.34. The maximum Gasteiger partial charge on any atom is 0.0283 e. The van der Waals surface area contributed by atoms with Gasteiger partial charge in [0.2, 0.25) is 0 Å². The van der Waals surface area contributed by atoms with Crippen LogP contribution in [0.5, 0.6) is 0 Å². The van der Waals surface area contributed by atoms with Crippen molar-refractivity contribution in [1.29, 1.82) is 0 Å². The minimum absolute atomic E-state index is 0.101. The Kier molecular flexibility index (Phi) is 4.00. The maximum atomic E-state index is 6.37. The third-order valence-electron chi connectivity index (χ3n) is 3.50. The Morgan fingerprint density at radius 3 is 2.81 bits per heavy atom. The zero-order chi connectivity index (χ0) is 11.4. The van der Waals surface area contributed by atoms with Gasteiger partial charge in [-0.25, -0.2) is 0 Å². The minimum atomic E-state index is 0.101. The Balaban J connectivity index is 1.73. The van der Waals surface area contributed by atoms with Crippen molar-refractivity contribution in [2.45, 2.75) is 37.6 Å². The first-order chi connectivity index (χ1) is 7.68. The molecule has 0 spiro atoms. The minimum Gasteiger partial charge on any atom is -0.324 e. The van der Waals surface area contributed by atoms with Gasteiger partial charge in [0.15, 0.2) is 0 Å². The molecule has 16 heavy (non-hydrogen) atoms. The molecule has 0 saturated heterocycles. The third-order valence-corrected chi connectivity index (χ3v) is 4.44. The third kappa shape index (κ3) is 3.30. The van der Waals surface area contributed by atoms with E-state index in [0.717, 1.165) is 19.5 Å². The van der Waals surface area contributed by atoms with E-state index < -0.39 is 0 Å². The molecule has 0 radical (unpaired) electrons. The Hall–Kier alpha value is -0.380. The number of hydrogen-bond acceptors (Lipinski definition) is 3. The van der Waals surface area contributed by atoms with Crippen molar-refractivity contribution in [2.24, 2.45) is 5.73 Å². The van der Waals surface area contributed by atoms with Crippen molar-refractivity contribution in [3.63, 3.8) is 0 Å². The molecular weight excluding hydrogens is 216 g/mol. The predicted molar refractivity (Wildman–Crippen MR) is 70.9 cm³/mol. The lowest BCUT2D eigenvalue weighted by Gasteiger charge is -2.29. The molecule has 2 rings (SSSR count). The summed E-state index contributed by atoms with van der Waals surface area (Å²) < 4.78 is 0. The van der Waals surface area contributed by atoms with Crippen LogP contribution >= 0.6 is 11.3 Å². The maximum absolute atomic E-state index is 6.37. The van der Waals surface area contributed by atoms with Crippen LogP contribution in [0.2, 0.25) is 0 Å². The largest absolute Gasteiger partial charge is 0.324 e. The number of nitrogens with two attached hydrogens (primary N) is 1. The topological polar surface area (TPSA) is 29.3 Å². The van der Waals surface area contributed by atoms with Gasteiger partial charge in [0, 0.05) is 23.5 Å². The van der Waals surface area contributed by atoms with Crippen LogP contribution < -0.4 is 5.73 Å². The summed E-state index contributed by atoms with van der Waals surface area (Å²) in [5, 5.41) is 2.15. The van der Waals surface area contributed by atoms with Crippen LogP contribution in [-0.2, 0) is 6.42 Å². The van der Waals surface area contributed by atoms with Crippen molar-refractivity contribution >= 4 is 11.3 Å². The smallest absolute Gasteiger partial charge is 0.0283 e. The molecule has 0 atom stereocenters. The second kappa shape index (κ2) is 5.30. The summed E-state index contributed by atoms with van der Waals surface area (Å²) in [7, 11) is 2.19. The molecule has 1 aromatic rings. The molecule has 1 aliphatic rings. The molecule has 90 valence electrons. The Morgan fingerprint density at radius 2 is 2.19 bits per heavy atom. The molecule has 1 fully saturated rings. The molecule has 0 aromatic carbocycles. The second-order valence-corrected chi connectivity index (χ2v) is 6.17. The van der Waals surface area contributed by atoms with E-state index in [0.29, 0.717) is 0 Å². The molecule has 2 N–H and O–H groups in total. The van der Waals surface area contributed by atoms with E-state index in [1.54, 1.807) is 0 Å². The average molecular weight is 238 g/mol. The second-order valence-electron chi connectivity index (χ2n) is 5.14. The van der Waals surface area contributed by atoms with Gasteiger partial charge in [-0.2, -0.15) is 0 Å². The number of thiophene rings is 1. The quantitative estimate of drug-likeness (QED) is 0.854. The fourth-order valence-corrected chi connectivity index (χ4v) is 3.31. The summed E-state index contributed by atoms with van der Waals surface area (Å²) in [5.41, 5.74) is 6.47. The van der Waals surface area contributed by atoms with E-state index in [9.17, 15) is 0 Å². The van der Waals surface area contributed by atoms with Gasteiger partial charge in [0.1, 0.15) is 0 Å². The van der Waals surface area contributed by atoms with Crippen LogP contribution in [0, 0.1) is 0 Å². The SMILES string of the molecule is CN(CCc1cccs1)CC1(N)CCCC1. The highest BCUT2D eigenvalue weighted by atomic mass is 32.1. The summed E-state index contributed by atoms with van der Waals surface area (Å²) in [6.45, 7) is 2.18. The summed E-state index contributed by atoms with van der Waals surface area (Å²) in [6.07, 6.45) is 6.20. The summed E-state index contributed by atoms with van der Waals surface area (Å²) in [4.78, 5) is 3.87. The molecule has 0 unspecified atom stereocenters. The van der Waals surface area contributed by atoms with Crippen LogP contribution in [0.4, 0.5) is 0 Å². The Labute approximate surface area is 102 Å². The van der Waals surface area contributed by atoms with Crippen molar-refractivity contribution in [2.75, 3.05) is 20.1 Å². The molecule has 0 amide bonds. The standard InChI is InChI=1S/C13H22N2S/c1-15(9-6-12-5-4-10-16-12)11-13(14)7-2-3-8-13/h4-5,10H,2-3,6-9,11,14H2,1H3. The van der Waals surface area contributed by atoms with E-state index >= 15 is 0 Å². The van der Waals surface area contributed by atoms with Crippen LogP contribution in [0.25, 0.3) is 0 Å². The molecule has 1 aromatic heterocycles. The van der Waals surface area contributed by atoms with Gasteiger partial charge in [-0.3, -0.25) is 0 Å². The van der Waals surface area contributed by atoms with Crippen molar-refractivity contribution in [3.05, 3.63) is 22.4 Å². The molecule has 0 aliphatic heterocycles. The number of likely N-dealkylation sites (N-methyl/N-ethyl adjacent to an activating group) is 1. The van der Waals surface area contributed by atoms with Crippen LogP contribution in [-0.4, -0.2) is 30.6 Å². The first kappa shape index (κ1) is 12.1. The molecule has 2 nitrogen and oxygen atoms in total. The molecular formula is C13H22N2S. The summed E-state index contributed by atoms with van der Waals surface area (Å²) >= 11 is 1.85. The highest BCUT2D eigenvalue weighted by molar-refractivity contribution is 7.09. The van der Waals surface area contributed by atoms with Gasteiger partial charge in [-0.1, -0.05) is 18.9 Å². The Morgan fingerprint density at radius 1 is 1.44 bits per heavy atom. The van der Waals surface area contributed by atoms with E-state index in [4.69, 9.17) is 5.73 Å². The lowest BCUT2D eigenvalue weighted by molar-refractivity contribution is 0.250. The summed E-state index contributed by atoms with van der Waals surface area (Å²) in [5.74, 6) is 0. The van der Waals surface area contributed by atoms with Gasteiger partial charge >= 0.3 is 0 Å². The lowest BCUT2D eigenvalue weighted by Crippen LogP contribution is -2.47. The van der Waals surface area contributed by atoms with Crippen molar-refractivity contribution in [3.8, 4) is 0 Å². The van der Waals surface area contributed by atoms with E-state index in [1.807, 2.05) is 11.3 Å². The zero-order valence-electron chi connectivity index (χ0n) is 10.1. The van der Waals surface area contributed by atoms with Gasteiger partial charge in [0.25, 0.3) is 0 Å². The number of nitrogens with zero attached hydrogens (tertiary/aromatic N) is 1. The van der Waals surface area contributed by atoms with Gasteiger partial charge < -0.3 is 10.6 Å². The highest BCUT2D eigenvalue weighted by Crippen LogP contribution is 2.27. The first-order valence-electron chi connectivity index (χ1n) is 6.18. The van der Waals surface area contributed by atoms with E-state index in [2.05, 4.69) is 29.5 Å². The molecule has 0 bridgehead atoms. The van der Waals surface area contributed by atoms with Crippen molar-refractivity contribution < 1.29 is 0 Å². The first-order valence-corrected chi connectivity index (χ1v) is 7.06. The average Bonchev–Trinajstić information content (AvgIpc) is 2.86. The van der Waals surface area contributed by atoms with E-state index in [-0.39, 0.29) is 5.54 Å². The highest BCUT2D eigenvalue weighted by Gasteiger charge is 2.30. The fraction of sp³-hybridized carbons (Fsp3) is 0.692. The molecule has 1 heterocycles. The van der Waals surface area contributed by atoms with E-state index in [1.165, 1.54) is 30.6 Å². The predicted octanol–water partition coefficient (Wildman–Crippen LogP) is 2.49. The molecule has 1 saturated carbocycles. The number of rotatable bonds is 5. The normalized spacial score (nSPS) is 19.4. The monoisotopic (exact) mass is 238 g/mol. The van der Waals surface area contributed by atoms with Gasteiger partial charge in [-0.05, 0) is 37.8 Å². The van der Waals surface area contributed by atoms with Crippen LogP contribution in [0.1, 0.15) is 30.6 Å². The lowest BCUT2D eigenvalue weighted by atomic mass is 9.98. The van der Waals surface area contributed by atoms with Crippen molar-refractivity contribution in [1.82, 2.24) is 4.90 Å². The van der Waals surface area contributed by atoms with Gasteiger partial charge in [-0.15, -0.1) is 11.3 Å². The molecule has 3 heteroatoms. The molecule has 1 aliphatic carbocycles. The zero-order valence-corrected chi connectivity index (χ0v) is 10.9.